The molecule has 0 bridgehead atoms. The Labute approximate surface area is 191 Å². The van der Waals surface area contributed by atoms with Crippen LogP contribution in [0.3, 0.4) is 0 Å². The van der Waals surface area contributed by atoms with Crippen LogP contribution >= 0.6 is 0 Å². The molecule has 4 aromatic rings. The van der Waals surface area contributed by atoms with E-state index in [4.69, 9.17) is 10.5 Å². The third kappa shape index (κ3) is 3.80. The van der Waals surface area contributed by atoms with E-state index in [1.54, 1.807) is 12.3 Å². The SMILES string of the molecule is Nc1ccccc1-c1ccc([C@@]2(NC(=O)c3ccc(F)cc3)CCOc3cccnc32)cc1. The van der Waals surface area contributed by atoms with Gasteiger partial charge < -0.3 is 15.8 Å². The van der Waals surface area contributed by atoms with Gasteiger partial charge in [-0.15, -0.1) is 0 Å². The first-order valence-corrected chi connectivity index (χ1v) is 10.7. The largest absolute Gasteiger partial charge is 0.491 e. The first-order chi connectivity index (χ1) is 16.1. The molecule has 0 aliphatic carbocycles. The zero-order valence-electron chi connectivity index (χ0n) is 17.8. The Kier molecular flexibility index (Phi) is 5.26. The van der Waals surface area contributed by atoms with Crippen molar-refractivity contribution >= 4 is 11.6 Å². The maximum Gasteiger partial charge on any atom is 0.252 e. The molecule has 5 rings (SSSR count). The van der Waals surface area contributed by atoms with Gasteiger partial charge in [0.1, 0.15) is 22.8 Å². The summed E-state index contributed by atoms with van der Waals surface area (Å²) in [7, 11) is 0. The van der Waals surface area contributed by atoms with Gasteiger partial charge in [0.15, 0.2) is 0 Å². The van der Waals surface area contributed by atoms with Crippen molar-refractivity contribution in [2.45, 2.75) is 12.0 Å². The number of nitrogen functional groups attached to an aromatic ring is 1. The molecule has 164 valence electrons. The van der Waals surface area contributed by atoms with Crippen LogP contribution in [0.2, 0.25) is 0 Å². The van der Waals surface area contributed by atoms with Crippen molar-refractivity contribution in [2.24, 2.45) is 0 Å². The lowest BCUT2D eigenvalue weighted by Gasteiger charge is -2.39. The molecule has 5 nitrogen and oxygen atoms in total. The summed E-state index contributed by atoms with van der Waals surface area (Å²) in [5.74, 6) is -0.0838. The van der Waals surface area contributed by atoms with E-state index in [2.05, 4.69) is 10.3 Å². The Morgan fingerprint density at radius 1 is 0.970 bits per heavy atom. The van der Waals surface area contributed by atoms with Crippen LogP contribution in [0.25, 0.3) is 11.1 Å². The molecule has 1 aromatic heterocycles. The Morgan fingerprint density at radius 3 is 2.48 bits per heavy atom. The predicted octanol–water partition coefficient (Wildman–Crippen LogP) is 4.93. The molecule has 3 N–H and O–H groups in total. The summed E-state index contributed by atoms with van der Waals surface area (Å²) >= 11 is 0. The van der Waals surface area contributed by atoms with Crippen LogP contribution in [0.15, 0.2) is 91.1 Å². The monoisotopic (exact) mass is 439 g/mol. The maximum atomic E-state index is 13.4. The minimum atomic E-state index is -0.902. The highest BCUT2D eigenvalue weighted by atomic mass is 19.1. The normalized spacial score (nSPS) is 17.0. The first kappa shape index (κ1) is 20.7. The van der Waals surface area contributed by atoms with Crippen molar-refractivity contribution < 1.29 is 13.9 Å². The quantitative estimate of drug-likeness (QED) is 0.442. The molecule has 1 amide bonds. The fraction of sp³-hybridized carbons (Fsp3) is 0.111. The van der Waals surface area contributed by atoms with Gasteiger partial charge in [-0.1, -0.05) is 42.5 Å². The smallest absolute Gasteiger partial charge is 0.252 e. The molecular formula is C27H22FN3O2. The van der Waals surface area contributed by atoms with Gasteiger partial charge >= 0.3 is 0 Å². The van der Waals surface area contributed by atoms with Crippen LogP contribution in [0, 0.1) is 5.82 Å². The summed E-state index contributed by atoms with van der Waals surface area (Å²) in [5.41, 5.74) is 9.75. The van der Waals surface area contributed by atoms with E-state index in [0.29, 0.717) is 35.7 Å². The number of carbonyl (C=O) groups excluding carboxylic acids is 1. The molecule has 0 radical (unpaired) electrons. The number of carbonyl (C=O) groups is 1. The fourth-order valence-corrected chi connectivity index (χ4v) is 4.30. The van der Waals surface area contributed by atoms with Crippen molar-refractivity contribution in [1.82, 2.24) is 10.3 Å². The molecule has 0 saturated carbocycles. The highest BCUT2D eigenvalue weighted by molar-refractivity contribution is 5.95. The Balaban J connectivity index is 1.59. The van der Waals surface area contributed by atoms with Crippen LogP contribution in [0.5, 0.6) is 5.75 Å². The highest BCUT2D eigenvalue weighted by Gasteiger charge is 2.42. The van der Waals surface area contributed by atoms with Crippen molar-refractivity contribution in [3.63, 3.8) is 0 Å². The summed E-state index contributed by atoms with van der Waals surface area (Å²) < 4.78 is 19.2. The number of nitrogens with one attached hydrogen (secondary N) is 1. The number of ether oxygens (including phenoxy) is 1. The minimum absolute atomic E-state index is 0.315. The average molecular weight is 439 g/mol. The second-order valence-electron chi connectivity index (χ2n) is 7.98. The molecule has 6 heteroatoms. The van der Waals surface area contributed by atoms with E-state index < -0.39 is 11.4 Å². The number of hydrogen-bond acceptors (Lipinski definition) is 4. The topological polar surface area (TPSA) is 77.2 Å². The summed E-state index contributed by atoms with van der Waals surface area (Å²) in [5, 5.41) is 3.18. The molecule has 1 aliphatic heterocycles. The van der Waals surface area contributed by atoms with E-state index in [9.17, 15) is 9.18 Å². The summed E-state index contributed by atoms with van der Waals surface area (Å²) in [4.78, 5) is 17.8. The van der Waals surface area contributed by atoms with Crippen LogP contribution in [-0.4, -0.2) is 17.5 Å². The molecule has 3 aromatic carbocycles. The van der Waals surface area contributed by atoms with Gasteiger partial charge in [-0.05, 0) is 53.6 Å². The summed E-state index contributed by atoms with van der Waals surface area (Å²) in [6, 6.07) is 24.8. The van der Waals surface area contributed by atoms with E-state index in [1.165, 1.54) is 24.3 Å². The van der Waals surface area contributed by atoms with Gasteiger partial charge in [0.05, 0.1) is 6.61 Å². The Morgan fingerprint density at radius 2 is 1.73 bits per heavy atom. The highest BCUT2D eigenvalue weighted by Crippen LogP contribution is 2.41. The first-order valence-electron chi connectivity index (χ1n) is 10.7. The number of nitrogens with two attached hydrogens (primary N) is 1. The van der Waals surface area contributed by atoms with Crippen molar-refractivity contribution in [2.75, 3.05) is 12.3 Å². The van der Waals surface area contributed by atoms with E-state index in [0.717, 1.165) is 16.7 Å². The molecule has 0 unspecified atom stereocenters. The zero-order chi connectivity index (χ0) is 22.8. The van der Waals surface area contributed by atoms with E-state index in [-0.39, 0.29) is 5.91 Å². The molecule has 0 saturated heterocycles. The lowest BCUT2D eigenvalue weighted by molar-refractivity contribution is 0.0883. The standard InChI is InChI=1S/C27H22FN3O2/c28-21-13-9-19(10-14-21)26(32)31-27(15-17-33-24-6-3-16-30-25(24)27)20-11-7-18(8-12-20)22-4-1-2-5-23(22)29/h1-14,16H,15,17,29H2,(H,31,32)/t27-/m0/s1. The number of aromatic nitrogens is 1. The molecule has 1 atom stereocenters. The van der Waals surface area contributed by atoms with Crippen LogP contribution in [0.4, 0.5) is 10.1 Å². The number of hydrogen-bond donors (Lipinski definition) is 2. The Bertz CT molecular complexity index is 1310. The van der Waals surface area contributed by atoms with Gasteiger partial charge in [-0.2, -0.15) is 0 Å². The maximum absolute atomic E-state index is 13.4. The van der Waals surface area contributed by atoms with E-state index in [1.807, 2.05) is 54.6 Å². The summed E-state index contributed by atoms with van der Waals surface area (Å²) in [6.07, 6.45) is 2.18. The van der Waals surface area contributed by atoms with Gasteiger partial charge in [0, 0.05) is 29.4 Å². The molecule has 33 heavy (non-hydrogen) atoms. The molecule has 0 fully saturated rings. The number of halogens is 1. The predicted molar refractivity (Wildman–Crippen MR) is 125 cm³/mol. The second kappa shape index (κ2) is 8.39. The third-order valence-electron chi connectivity index (χ3n) is 5.99. The van der Waals surface area contributed by atoms with Crippen LogP contribution < -0.4 is 15.8 Å². The van der Waals surface area contributed by atoms with Gasteiger partial charge in [-0.3, -0.25) is 9.78 Å². The Hall–Kier alpha value is -4.19. The number of benzene rings is 3. The number of fused-ring (bicyclic) bond motifs is 1. The zero-order valence-corrected chi connectivity index (χ0v) is 17.8. The lowest BCUT2D eigenvalue weighted by atomic mass is 9.80. The number of anilines is 1. The van der Waals surface area contributed by atoms with Crippen LogP contribution in [0.1, 0.15) is 28.0 Å². The van der Waals surface area contributed by atoms with Gasteiger partial charge in [0.25, 0.3) is 5.91 Å². The number of para-hydroxylation sites is 1. The van der Waals surface area contributed by atoms with Crippen molar-refractivity contribution in [3.8, 4) is 16.9 Å². The number of rotatable bonds is 4. The van der Waals surface area contributed by atoms with Crippen molar-refractivity contribution in [1.29, 1.82) is 0 Å². The van der Waals surface area contributed by atoms with E-state index >= 15 is 0 Å². The molecule has 0 spiro atoms. The molecule has 2 heterocycles. The molecule has 1 aliphatic rings. The molecular weight excluding hydrogens is 417 g/mol. The minimum Gasteiger partial charge on any atom is -0.491 e. The average Bonchev–Trinajstić information content (AvgIpc) is 2.85. The second-order valence-corrected chi connectivity index (χ2v) is 7.98. The van der Waals surface area contributed by atoms with Gasteiger partial charge in [-0.25, -0.2) is 4.39 Å². The number of pyridine rings is 1. The van der Waals surface area contributed by atoms with Gasteiger partial charge in [0.2, 0.25) is 0 Å². The van der Waals surface area contributed by atoms with Crippen molar-refractivity contribution in [3.05, 3.63) is 114 Å². The third-order valence-corrected chi connectivity index (χ3v) is 5.99. The number of nitrogens with zero attached hydrogens (tertiary/aromatic N) is 1. The lowest BCUT2D eigenvalue weighted by Crippen LogP contribution is -2.50. The number of amides is 1. The van der Waals surface area contributed by atoms with Crippen LogP contribution in [-0.2, 0) is 5.54 Å². The fourth-order valence-electron chi connectivity index (χ4n) is 4.30. The summed E-state index contributed by atoms with van der Waals surface area (Å²) in [6.45, 7) is 0.412.